The van der Waals surface area contributed by atoms with Crippen LogP contribution in [0.2, 0.25) is 0 Å². The van der Waals surface area contributed by atoms with Gasteiger partial charge in [-0.3, -0.25) is 4.79 Å². The smallest absolute Gasteiger partial charge is 0.409 e. The summed E-state index contributed by atoms with van der Waals surface area (Å²) in [4.78, 5) is 11.4. The number of para-hydroxylation sites is 1. The molecule has 2 rings (SSSR count). The van der Waals surface area contributed by atoms with Gasteiger partial charge in [-0.25, -0.2) is 0 Å². The van der Waals surface area contributed by atoms with Crippen LogP contribution in [0.15, 0.2) is 46.9 Å². The highest BCUT2D eigenvalue weighted by molar-refractivity contribution is 6.04. The van der Waals surface area contributed by atoms with Crippen molar-refractivity contribution in [3.05, 3.63) is 48.2 Å². The molecule has 0 fully saturated rings. The van der Waals surface area contributed by atoms with E-state index in [0.29, 0.717) is 17.0 Å². The van der Waals surface area contributed by atoms with E-state index in [0.717, 1.165) is 0 Å². The molecular weight excluding hydrogens is 233 g/mol. The molecule has 0 aliphatic carbocycles. The van der Waals surface area contributed by atoms with Crippen LogP contribution in [-0.4, -0.2) is 12.0 Å². The van der Waals surface area contributed by atoms with Gasteiger partial charge in [0.1, 0.15) is 5.58 Å². The predicted octanol–water partition coefficient (Wildman–Crippen LogP) is 3.73. The van der Waals surface area contributed by atoms with Crippen LogP contribution in [0.1, 0.15) is 10.6 Å². The Labute approximate surface area is 94.3 Å². The summed E-state index contributed by atoms with van der Waals surface area (Å²) in [5.41, 5.74) is 0.469. The number of fused-ring (bicyclic) bond motifs is 1. The van der Waals surface area contributed by atoms with Gasteiger partial charge in [0, 0.05) is 11.5 Å². The number of carbonyl (C=O) groups is 1. The van der Waals surface area contributed by atoms with Crippen LogP contribution in [0, 0.1) is 0 Å². The van der Waals surface area contributed by atoms with E-state index in [1.165, 1.54) is 6.07 Å². The summed E-state index contributed by atoms with van der Waals surface area (Å²) in [5, 5.41) is 0.677. The van der Waals surface area contributed by atoms with Crippen molar-refractivity contribution < 1.29 is 22.4 Å². The first-order valence-electron chi connectivity index (χ1n) is 4.74. The van der Waals surface area contributed by atoms with E-state index in [1.54, 1.807) is 24.3 Å². The molecular formula is C12H7F3O2. The molecule has 5 heteroatoms. The summed E-state index contributed by atoms with van der Waals surface area (Å²) >= 11 is 0. The highest BCUT2D eigenvalue weighted by Crippen LogP contribution is 2.21. The zero-order valence-corrected chi connectivity index (χ0v) is 8.49. The summed E-state index contributed by atoms with van der Waals surface area (Å²) in [5.74, 6) is -0.912. The van der Waals surface area contributed by atoms with Crippen molar-refractivity contribution in [2.24, 2.45) is 0 Å². The molecule has 0 aliphatic heterocycles. The van der Waals surface area contributed by atoms with Crippen molar-refractivity contribution in [1.82, 2.24) is 0 Å². The van der Waals surface area contributed by atoms with E-state index < -0.39 is 12.0 Å². The van der Waals surface area contributed by atoms with E-state index in [-0.39, 0.29) is 11.8 Å². The number of hydrogen-bond acceptors (Lipinski definition) is 2. The molecule has 0 saturated carbocycles. The molecule has 0 N–H and O–H groups in total. The molecule has 0 atom stereocenters. The fraction of sp³-hybridized carbons (Fsp3) is 0.0833. The number of carbonyl (C=O) groups excluding carboxylic acids is 1. The lowest BCUT2D eigenvalue weighted by Gasteiger charge is -1.95. The summed E-state index contributed by atoms with van der Waals surface area (Å²) in [6, 6.07) is 8.23. The fourth-order valence-corrected chi connectivity index (χ4v) is 1.36. The second-order valence-electron chi connectivity index (χ2n) is 3.39. The number of ketones is 1. The van der Waals surface area contributed by atoms with Gasteiger partial charge in [-0.1, -0.05) is 18.2 Å². The number of alkyl halides is 3. The Morgan fingerprint density at radius 2 is 1.94 bits per heavy atom. The summed E-state index contributed by atoms with van der Waals surface area (Å²) in [7, 11) is 0. The van der Waals surface area contributed by atoms with Crippen LogP contribution in [0.3, 0.4) is 0 Å². The predicted molar refractivity (Wildman–Crippen MR) is 55.7 cm³/mol. The van der Waals surface area contributed by atoms with Gasteiger partial charge in [0.2, 0.25) is 5.78 Å². The summed E-state index contributed by atoms with van der Waals surface area (Å²) in [6.07, 6.45) is -4.15. The van der Waals surface area contributed by atoms with Gasteiger partial charge in [0.05, 0.1) is 0 Å². The maximum Gasteiger partial charge on any atom is 0.409 e. The number of halogens is 3. The lowest BCUT2D eigenvalue weighted by molar-refractivity contribution is -0.0799. The van der Waals surface area contributed by atoms with E-state index in [1.807, 2.05) is 0 Å². The molecule has 0 unspecified atom stereocenters. The van der Waals surface area contributed by atoms with Gasteiger partial charge in [-0.15, -0.1) is 0 Å². The monoisotopic (exact) mass is 240 g/mol. The number of hydrogen-bond donors (Lipinski definition) is 0. The van der Waals surface area contributed by atoms with Crippen LogP contribution in [-0.2, 0) is 0 Å². The van der Waals surface area contributed by atoms with Crippen LogP contribution >= 0.6 is 0 Å². The number of rotatable bonds is 2. The second-order valence-corrected chi connectivity index (χ2v) is 3.39. The zero-order chi connectivity index (χ0) is 12.5. The Kier molecular flexibility index (Phi) is 2.75. The quantitative estimate of drug-likeness (QED) is 0.591. The molecule has 0 bridgehead atoms. The molecule has 0 radical (unpaired) electrons. The molecule has 0 aliphatic rings. The Hall–Kier alpha value is -2.04. The average Bonchev–Trinajstić information content (AvgIpc) is 2.68. The Morgan fingerprint density at radius 3 is 2.59 bits per heavy atom. The molecule has 1 aromatic heterocycles. The molecule has 88 valence electrons. The van der Waals surface area contributed by atoms with Crippen molar-refractivity contribution in [3.63, 3.8) is 0 Å². The first kappa shape index (κ1) is 11.4. The SMILES string of the molecule is O=C(/C=C/C(F)(F)F)c1cc2ccccc2o1. The second kappa shape index (κ2) is 4.08. The first-order chi connectivity index (χ1) is 7.96. The van der Waals surface area contributed by atoms with Gasteiger partial charge >= 0.3 is 6.18 Å². The number of benzene rings is 1. The van der Waals surface area contributed by atoms with E-state index >= 15 is 0 Å². The molecule has 0 saturated heterocycles. The Bertz CT molecular complexity index is 546. The molecule has 1 aromatic carbocycles. The lowest BCUT2D eigenvalue weighted by atomic mass is 10.2. The van der Waals surface area contributed by atoms with Gasteiger partial charge < -0.3 is 4.42 Å². The van der Waals surface area contributed by atoms with Crippen molar-refractivity contribution in [2.45, 2.75) is 6.18 Å². The fourth-order valence-electron chi connectivity index (χ4n) is 1.36. The van der Waals surface area contributed by atoms with Gasteiger partial charge in [0.25, 0.3) is 0 Å². The maximum atomic E-state index is 11.9. The third-order valence-electron chi connectivity index (χ3n) is 2.09. The minimum Gasteiger partial charge on any atom is -0.453 e. The topological polar surface area (TPSA) is 30.2 Å². The van der Waals surface area contributed by atoms with Crippen molar-refractivity contribution >= 4 is 16.8 Å². The number of furan rings is 1. The minimum absolute atomic E-state index is 0.105. The summed E-state index contributed by atoms with van der Waals surface area (Å²) < 4.78 is 40.7. The van der Waals surface area contributed by atoms with E-state index in [4.69, 9.17) is 4.42 Å². The molecule has 0 amide bonds. The average molecular weight is 240 g/mol. The maximum absolute atomic E-state index is 11.9. The van der Waals surface area contributed by atoms with Crippen molar-refractivity contribution in [3.8, 4) is 0 Å². The lowest BCUT2D eigenvalue weighted by Crippen LogP contribution is -2.03. The highest BCUT2D eigenvalue weighted by Gasteiger charge is 2.23. The molecule has 2 nitrogen and oxygen atoms in total. The van der Waals surface area contributed by atoms with Crippen molar-refractivity contribution in [2.75, 3.05) is 0 Å². The van der Waals surface area contributed by atoms with Gasteiger partial charge in [-0.2, -0.15) is 13.2 Å². The van der Waals surface area contributed by atoms with Gasteiger partial charge in [-0.05, 0) is 18.2 Å². The Morgan fingerprint density at radius 1 is 1.24 bits per heavy atom. The van der Waals surface area contributed by atoms with E-state index in [9.17, 15) is 18.0 Å². The van der Waals surface area contributed by atoms with E-state index in [2.05, 4.69) is 0 Å². The molecule has 2 aromatic rings. The first-order valence-corrected chi connectivity index (χ1v) is 4.74. The minimum atomic E-state index is -4.50. The van der Waals surface area contributed by atoms with Crippen LogP contribution in [0.25, 0.3) is 11.0 Å². The Balaban J connectivity index is 2.28. The van der Waals surface area contributed by atoms with Crippen LogP contribution < -0.4 is 0 Å². The normalized spacial score (nSPS) is 12.4. The largest absolute Gasteiger partial charge is 0.453 e. The molecule has 0 spiro atoms. The molecule has 1 heterocycles. The van der Waals surface area contributed by atoms with Crippen LogP contribution in [0.5, 0.6) is 0 Å². The summed E-state index contributed by atoms with van der Waals surface area (Å²) in [6.45, 7) is 0. The standard InChI is InChI=1S/C12H7F3O2/c13-12(14,15)6-5-9(16)11-7-8-3-1-2-4-10(8)17-11/h1-7H/b6-5+. The third-order valence-corrected chi connectivity index (χ3v) is 2.09. The number of allylic oxidation sites excluding steroid dienone is 2. The zero-order valence-electron chi connectivity index (χ0n) is 8.49. The van der Waals surface area contributed by atoms with Crippen molar-refractivity contribution in [1.29, 1.82) is 0 Å². The third kappa shape index (κ3) is 2.75. The molecule has 17 heavy (non-hydrogen) atoms. The highest BCUT2D eigenvalue weighted by atomic mass is 19.4. The van der Waals surface area contributed by atoms with Crippen LogP contribution in [0.4, 0.5) is 13.2 Å². The van der Waals surface area contributed by atoms with Gasteiger partial charge in [0.15, 0.2) is 5.76 Å².